The van der Waals surface area contributed by atoms with E-state index in [2.05, 4.69) is 4.98 Å². The van der Waals surface area contributed by atoms with Crippen molar-refractivity contribution in [2.45, 2.75) is 0 Å². The van der Waals surface area contributed by atoms with Crippen molar-refractivity contribution >= 4 is 5.69 Å². The maximum Gasteiger partial charge on any atom is 0.213 e. The fourth-order valence-corrected chi connectivity index (χ4v) is 1.29. The molecule has 2 nitrogen and oxygen atoms in total. The summed E-state index contributed by atoms with van der Waals surface area (Å²) in [5, 5.41) is 0. The molecule has 0 radical (unpaired) electrons. The van der Waals surface area contributed by atoms with Crippen molar-refractivity contribution in [2.75, 3.05) is 5.73 Å². The maximum atomic E-state index is 12.8. The number of nitrogen functional groups attached to an aromatic ring is 1. The maximum absolute atomic E-state index is 12.8. The zero-order valence-corrected chi connectivity index (χ0v) is 7.44. The van der Waals surface area contributed by atoms with Gasteiger partial charge in [0.2, 0.25) is 5.95 Å². The number of nitrogens with two attached hydrogens (primary N) is 1. The van der Waals surface area contributed by atoms with Crippen LogP contribution in [-0.4, -0.2) is 4.98 Å². The first-order valence-corrected chi connectivity index (χ1v) is 4.25. The van der Waals surface area contributed by atoms with Crippen LogP contribution in [-0.2, 0) is 0 Å². The van der Waals surface area contributed by atoms with Crippen LogP contribution in [0.2, 0.25) is 0 Å². The standard InChI is InChI=1S/C11H9FN2/c12-11-7-3-6-10(14-11)8-4-1-2-5-9(8)13/h1-7H,13H2. The first-order chi connectivity index (χ1) is 6.77. The van der Waals surface area contributed by atoms with Gasteiger partial charge in [0.05, 0.1) is 5.69 Å². The summed E-state index contributed by atoms with van der Waals surface area (Å²) in [4.78, 5) is 3.76. The van der Waals surface area contributed by atoms with E-state index in [0.717, 1.165) is 5.56 Å². The van der Waals surface area contributed by atoms with Crippen LogP contribution in [0, 0.1) is 5.95 Å². The van der Waals surface area contributed by atoms with Crippen molar-refractivity contribution in [1.82, 2.24) is 4.98 Å². The van der Waals surface area contributed by atoms with Crippen molar-refractivity contribution in [3.63, 3.8) is 0 Å². The first-order valence-electron chi connectivity index (χ1n) is 4.25. The summed E-state index contributed by atoms with van der Waals surface area (Å²) in [5.41, 5.74) is 7.66. The molecule has 0 spiro atoms. The zero-order valence-electron chi connectivity index (χ0n) is 7.44. The molecule has 0 unspecified atom stereocenters. The topological polar surface area (TPSA) is 38.9 Å². The van der Waals surface area contributed by atoms with Crippen LogP contribution in [0.15, 0.2) is 42.5 Å². The average molecular weight is 188 g/mol. The molecule has 0 bridgehead atoms. The number of hydrogen-bond acceptors (Lipinski definition) is 2. The summed E-state index contributed by atoms with van der Waals surface area (Å²) < 4.78 is 12.8. The van der Waals surface area contributed by atoms with Gasteiger partial charge in [0.1, 0.15) is 0 Å². The number of para-hydroxylation sites is 1. The molecule has 0 fully saturated rings. The summed E-state index contributed by atoms with van der Waals surface area (Å²) in [5.74, 6) is -0.495. The molecule has 1 heterocycles. The molecule has 0 saturated heterocycles. The van der Waals surface area contributed by atoms with Crippen molar-refractivity contribution in [2.24, 2.45) is 0 Å². The van der Waals surface area contributed by atoms with E-state index in [9.17, 15) is 4.39 Å². The number of pyridine rings is 1. The van der Waals surface area contributed by atoms with Gasteiger partial charge in [-0.15, -0.1) is 0 Å². The molecule has 0 atom stereocenters. The van der Waals surface area contributed by atoms with Gasteiger partial charge >= 0.3 is 0 Å². The fraction of sp³-hybridized carbons (Fsp3) is 0. The van der Waals surface area contributed by atoms with Crippen LogP contribution in [0.4, 0.5) is 10.1 Å². The molecule has 1 aromatic heterocycles. The molecular weight excluding hydrogens is 179 g/mol. The van der Waals surface area contributed by atoms with E-state index in [1.165, 1.54) is 6.07 Å². The van der Waals surface area contributed by atoms with Gasteiger partial charge in [0, 0.05) is 11.3 Å². The first kappa shape index (κ1) is 8.69. The van der Waals surface area contributed by atoms with Crippen LogP contribution in [0.5, 0.6) is 0 Å². The van der Waals surface area contributed by atoms with Gasteiger partial charge in [-0.3, -0.25) is 0 Å². The number of hydrogen-bond donors (Lipinski definition) is 1. The number of benzene rings is 1. The quantitative estimate of drug-likeness (QED) is 0.551. The second-order valence-electron chi connectivity index (χ2n) is 2.93. The lowest BCUT2D eigenvalue weighted by atomic mass is 10.1. The van der Waals surface area contributed by atoms with Crippen LogP contribution in [0.1, 0.15) is 0 Å². The molecule has 0 amide bonds. The van der Waals surface area contributed by atoms with Gasteiger partial charge in [0.25, 0.3) is 0 Å². The summed E-state index contributed by atoms with van der Waals surface area (Å²) in [7, 11) is 0. The van der Waals surface area contributed by atoms with E-state index in [1.807, 2.05) is 18.2 Å². The third-order valence-electron chi connectivity index (χ3n) is 1.95. The summed E-state index contributed by atoms with van der Waals surface area (Å²) in [6.07, 6.45) is 0. The lowest BCUT2D eigenvalue weighted by molar-refractivity contribution is 0.585. The minimum absolute atomic E-state index is 0.495. The van der Waals surface area contributed by atoms with Crippen LogP contribution >= 0.6 is 0 Å². The highest BCUT2D eigenvalue weighted by molar-refractivity contribution is 5.73. The number of halogens is 1. The van der Waals surface area contributed by atoms with Crippen molar-refractivity contribution in [3.8, 4) is 11.3 Å². The Kier molecular flexibility index (Phi) is 2.14. The third-order valence-corrected chi connectivity index (χ3v) is 1.95. The minimum Gasteiger partial charge on any atom is -0.398 e. The normalized spacial score (nSPS) is 10.1. The Morgan fingerprint density at radius 3 is 2.50 bits per heavy atom. The number of anilines is 1. The summed E-state index contributed by atoms with van der Waals surface area (Å²) >= 11 is 0. The number of nitrogens with zero attached hydrogens (tertiary/aromatic N) is 1. The van der Waals surface area contributed by atoms with Crippen molar-refractivity contribution in [1.29, 1.82) is 0 Å². The third kappa shape index (κ3) is 1.57. The fourth-order valence-electron chi connectivity index (χ4n) is 1.29. The minimum atomic E-state index is -0.495. The Bertz CT molecular complexity index is 455. The van der Waals surface area contributed by atoms with E-state index in [-0.39, 0.29) is 0 Å². The van der Waals surface area contributed by atoms with Gasteiger partial charge in [-0.1, -0.05) is 24.3 Å². The van der Waals surface area contributed by atoms with E-state index < -0.39 is 5.95 Å². The summed E-state index contributed by atoms with van der Waals surface area (Å²) in [6, 6.07) is 11.9. The van der Waals surface area contributed by atoms with Crippen LogP contribution in [0.25, 0.3) is 11.3 Å². The van der Waals surface area contributed by atoms with E-state index in [0.29, 0.717) is 11.4 Å². The van der Waals surface area contributed by atoms with Gasteiger partial charge in [-0.25, -0.2) is 4.98 Å². The van der Waals surface area contributed by atoms with Crippen LogP contribution < -0.4 is 5.73 Å². The molecule has 2 N–H and O–H groups in total. The van der Waals surface area contributed by atoms with E-state index >= 15 is 0 Å². The SMILES string of the molecule is Nc1ccccc1-c1cccc(F)n1. The molecule has 0 aliphatic carbocycles. The van der Waals surface area contributed by atoms with Crippen molar-refractivity contribution in [3.05, 3.63) is 48.4 Å². The lowest BCUT2D eigenvalue weighted by Crippen LogP contribution is -1.92. The number of aromatic nitrogens is 1. The molecule has 3 heteroatoms. The Labute approximate surface area is 81.2 Å². The Balaban J connectivity index is 2.55. The molecule has 0 saturated carbocycles. The molecule has 1 aromatic carbocycles. The monoisotopic (exact) mass is 188 g/mol. The lowest BCUT2D eigenvalue weighted by Gasteiger charge is -2.03. The highest BCUT2D eigenvalue weighted by atomic mass is 19.1. The Morgan fingerprint density at radius 2 is 1.79 bits per heavy atom. The van der Waals surface area contributed by atoms with Gasteiger partial charge in [-0.2, -0.15) is 4.39 Å². The largest absolute Gasteiger partial charge is 0.398 e. The predicted octanol–water partition coefficient (Wildman–Crippen LogP) is 2.47. The Morgan fingerprint density at radius 1 is 1.00 bits per heavy atom. The van der Waals surface area contributed by atoms with Crippen LogP contribution in [0.3, 0.4) is 0 Å². The zero-order chi connectivity index (χ0) is 9.97. The second kappa shape index (κ2) is 3.46. The average Bonchev–Trinajstić information content (AvgIpc) is 2.18. The van der Waals surface area contributed by atoms with E-state index in [4.69, 9.17) is 5.73 Å². The Hall–Kier alpha value is -1.90. The highest BCUT2D eigenvalue weighted by Crippen LogP contribution is 2.23. The molecule has 0 aliphatic rings. The highest BCUT2D eigenvalue weighted by Gasteiger charge is 2.03. The van der Waals surface area contributed by atoms with E-state index in [1.54, 1.807) is 18.2 Å². The molecule has 0 aliphatic heterocycles. The molecular formula is C11H9FN2. The van der Waals surface area contributed by atoms with Gasteiger partial charge < -0.3 is 5.73 Å². The second-order valence-corrected chi connectivity index (χ2v) is 2.93. The summed E-state index contributed by atoms with van der Waals surface area (Å²) in [6.45, 7) is 0. The smallest absolute Gasteiger partial charge is 0.213 e. The van der Waals surface area contributed by atoms with Crippen molar-refractivity contribution < 1.29 is 4.39 Å². The number of rotatable bonds is 1. The molecule has 14 heavy (non-hydrogen) atoms. The molecule has 2 aromatic rings. The van der Waals surface area contributed by atoms with Gasteiger partial charge in [-0.05, 0) is 18.2 Å². The molecule has 2 rings (SSSR count). The predicted molar refractivity (Wildman–Crippen MR) is 54.0 cm³/mol. The van der Waals surface area contributed by atoms with Gasteiger partial charge in [0.15, 0.2) is 0 Å². The molecule has 70 valence electrons.